The standard InChI is InChI=1S/C19H17BrFN5O3.C2H6/c1-2-10-5-15(10)29-17-14-6-11(20)3-4-13(14)18(28)26(25-17)9-16(27)24-19-22-7-12(21)8-23-19;1-2/h3-4,6-8,10,15H,2,5,9H2,1H3,(H,22,23,24,27);1-2H3. The van der Waals surface area contributed by atoms with Crippen LogP contribution < -0.4 is 15.6 Å². The van der Waals surface area contributed by atoms with E-state index >= 15 is 0 Å². The van der Waals surface area contributed by atoms with E-state index in [2.05, 4.69) is 43.2 Å². The van der Waals surface area contributed by atoms with Crippen LogP contribution in [0.4, 0.5) is 10.3 Å². The molecule has 0 spiro atoms. The molecule has 1 amide bonds. The summed E-state index contributed by atoms with van der Waals surface area (Å²) in [4.78, 5) is 32.5. The molecule has 3 aromatic rings. The second kappa shape index (κ2) is 9.95. The van der Waals surface area contributed by atoms with Crippen LogP contribution in [-0.4, -0.2) is 31.8 Å². The minimum absolute atomic E-state index is 0.0575. The van der Waals surface area contributed by atoms with Crippen LogP contribution in [0.3, 0.4) is 0 Å². The summed E-state index contributed by atoms with van der Waals surface area (Å²) in [6.07, 6.45) is 3.88. The maximum absolute atomic E-state index is 12.9. The van der Waals surface area contributed by atoms with Crippen molar-refractivity contribution >= 4 is 38.6 Å². The normalized spacial score (nSPS) is 16.9. The topological polar surface area (TPSA) is 99.0 Å². The van der Waals surface area contributed by atoms with Gasteiger partial charge in [0.25, 0.3) is 5.56 Å². The fraction of sp³-hybridized carbons (Fsp3) is 0.381. The summed E-state index contributed by atoms with van der Waals surface area (Å²) < 4.78 is 20.8. The highest BCUT2D eigenvalue weighted by atomic mass is 79.9. The third-order valence-corrected chi connectivity index (χ3v) is 5.19. The molecule has 2 aromatic heterocycles. The largest absolute Gasteiger partial charge is 0.473 e. The van der Waals surface area contributed by atoms with Gasteiger partial charge < -0.3 is 4.74 Å². The first-order valence-corrected chi connectivity index (χ1v) is 10.9. The zero-order chi connectivity index (χ0) is 22.5. The maximum atomic E-state index is 12.9. The highest BCUT2D eigenvalue weighted by Crippen LogP contribution is 2.38. The summed E-state index contributed by atoms with van der Waals surface area (Å²) in [6.45, 7) is 5.74. The zero-order valence-corrected chi connectivity index (χ0v) is 19.0. The van der Waals surface area contributed by atoms with Gasteiger partial charge in [0, 0.05) is 4.47 Å². The van der Waals surface area contributed by atoms with Crippen molar-refractivity contribution in [1.29, 1.82) is 0 Å². The van der Waals surface area contributed by atoms with E-state index in [0.29, 0.717) is 22.6 Å². The number of amides is 1. The van der Waals surface area contributed by atoms with E-state index in [1.165, 1.54) is 0 Å². The first-order valence-electron chi connectivity index (χ1n) is 10.1. The molecule has 0 radical (unpaired) electrons. The molecule has 8 nitrogen and oxygen atoms in total. The van der Waals surface area contributed by atoms with Crippen LogP contribution in [0.1, 0.15) is 33.6 Å². The number of anilines is 1. The molecule has 10 heteroatoms. The van der Waals surface area contributed by atoms with Crippen LogP contribution in [0.15, 0.2) is 39.9 Å². The monoisotopic (exact) mass is 491 g/mol. The molecule has 164 valence electrons. The van der Waals surface area contributed by atoms with Gasteiger partial charge in [0.2, 0.25) is 17.7 Å². The number of nitrogens with zero attached hydrogens (tertiary/aromatic N) is 4. The van der Waals surface area contributed by atoms with Crippen molar-refractivity contribution in [3.05, 3.63) is 51.2 Å². The number of hydrogen-bond acceptors (Lipinski definition) is 6. The Balaban J connectivity index is 0.00000132. The number of rotatable bonds is 6. The quantitative estimate of drug-likeness (QED) is 0.560. The van der Waals surface area contributed by atoms with Crippen molar-refractivity contribution in [2.24, 2.45) is 5.92 Å². The molecule has 1 saturated carbocycles. The van der Waals surface area contributed by atoms with E-state index in [-0.39, 0.29) is 18.6 Å². The van der Waals surface area contributed by atoms with E-state index in [1.54, 1.807) is 18.2 Å². The Kier molecular flexibility index (Phi) is 7.32. The minimum atomic E-state index is -0.617. The van der Waals surface area contributed by atoms with Gasteiger partial charge in [0.05, 0.1) is 23.2 Å². The Morgan fingerprint density at radius 1 is 1.29 bits per heavy atom. The lowest BCUT2D eigenvalue weighted by Crippen LogP contribution is -2.30. The van der Waals surface area contributed by atoms with Crippen LogP contribution in [-0.2, 0) is 11.3 Å². The van der Waals surface area contributed by atoms with Gasteiger partial charge in [-0.25, -0.2) is 19.0 Å². The highest BCUT2D eigenvalue weighted by Gasteiger charge is 2.38. The fourth-order valence-corrected chi connectivity index (χ4v) is 3.40. The molecule has 0 saturated heterocycles. The minimum Gasteiger partial charge on any atom is -0.473 e. The molecule has 2 atom stereocenters. The number of carbonyl (C=O) groups is 1. The number of fused-ring (bicyclic) bond motifs is 1. The van der Waals surface area contributed by atoms with Crippen molar-refractivity contribution in [1.82, 2.24) is 19.7 Å². The predicted molar refractivity (Wildman–Crippen MR) is 118 cm³/mol. The van der Waals surface area contributed by atoms with E-state index in [4.69, 9.17) is 4.74 Å². The molecule has 1 fully saturated rings. The summed E-state index contributed by atoms with van der Waals surface area (Å²) in [5, 5.41) is 7.69. The number of nitrogens with one attached hydrogen (secondary N) is 1. The lowest BCUT2D eigenvalue weighted by Gasteiger charge is -2.12. The molecule has 1 aliphatic rings. The number of halogens is 2. The maximum Gasteiger partial charge on any atom is 0.275 e. The molecule has 2 heterocycles. The van der Waals surface area contributed by atoms with Gasteiger partial charge in [0.1, 0.15) is 12.6 Å². The Morgan fingerprint density at radius 2 is 2.00 bits per heavy atom. The van der Waals surface area contributed by atoms with Crippen molar-refractivity contribution in [2.75, 3.05) is 5.32 Å². The number of ether oxygens (including phenoxy) is 1. The molecule has 1 aromatic carbocycles. The van der Waals surface area contributed by atoms with Gasteiger partial charge in [-0.15, -0.1) is 5.10 Å². The van der Waals surface area contributed by atoms with Crippen molar-refractivity contribution in [2.45, 2.75) is 46.3 Å². The summed E-state index contributed by atoms with van der Waals surface area (Å²) in [6, 6.07) is 5.19. The Hall–Kier alpha value is -2.88. The van der Waals surface area contributed by atoms with Gasteiger partial charge in [-0.1, -0.05) is 36.7 Å². The molecule has 0 aliphatic heterocycles. The number of carbonyl (C=O) groups excluding carboxylic acids is 1. The third-order valence-electron chi connectivity index (χ3n) is 4.70. The van der Waals surface area contributed by atoms with Gasteiger partial charge in [-0.3, -0.25) is 14.9 Å². The first-order chi connectivity index (χ1) is 14.9. The van der Waals surface area contributed by atoms with Crippen LogP contribution >= 0.6 is 15.9 Å². The van der Waals surface area contributed by atoms with Gasteiger partial charge >= 0.3 is 0 Å². The molecule has 0 bridgehead atoms. The number of benzene rings is 1. The Morgan fingerprint density at radius 3 is 2.65 bits per heavy atom. The van der Waals surface area contributed by atoms with Crippen molar-refractivity contribution in [3.63, 3.8) is 0 Å². The van der Waals surface area contributed by atoms with E-state index in [0.717, 1.165) is 34.4 Å². The highest BCUT2D eigenvalue weighted by molar-refractivity contribution is 9.10. The van der Waals surface area contributed by atoms with E-state index in [9.17, 15) is 14.0 Å². The molecule has 2 unspecified atom stereocenters. The summed E-state index contributed by atoms with van der Waals surface area (Å²) >= 11 is 3.40. The zero-order valence-electron chi connectivity index (χ0n) is 17.4. The smallest absolute Gasteiger partial charge is 0.275 e. The van der Waals surface area contributed by atoms with E-state index < -0.39 is 17.3 Å². The van der Waals surface area contributed by atoms with Crippen LogP contribution in [0, 0.1) is 11.7 Å². The van der Waals surface area contributed by atoms with Gasteiger partial charge in [-0.2, -0.15) is 0 Å². The Labute approximate surface area is 187 Å². The first kappa shape index (κ1) is 22.8. The number of aromatic nitrogens is 4. The lowest BCUT2D eigenvalue weighted by molar-refractivity contribution is -0.117. The second-order valence-corrected chi connectivity index (χ2v) is 7.71. The van der Waals surface area contributed by atoms with E-state index in [1.807, 2.05) is 13.8 Å². The van der Waals surface area contributed by atoms with Crippen LogP contribution in [0.5, 0.6) is 5.88 Å². The molecule has 31 heavy (non-hydrogen) atoms. The summed E-state index contributed by atoms with van der Waals surface area (Å²) in [7, 11) is 0. The van der Waals surface area contributed by atoms with Gasteiger partial charge in [0.15, 0.2) is 5.82 Å². The number of hydrogen-bond donors (Lipinski definition) is 1. The SMILES string of the molecule is CC.CCC1CC1Oc1nn(CC(=O)Nc2ncc(F)cn2)c(=O)c2ccc(Br)cc12. The lowest BCUT2D eigenvalue weighted by atomic mass is 10.2. The third kappa shape index (κ3) is 5.43. The van der Waals surface area contributed by atoms with Gasteiger partial charge in [-0.05, 0) is 37.0 Å². The van der Waals surface area contributed by atoms with Crippen LogP contribution in [0.25, 0.3) is 10.8 Å². The second-order valence-electron chi connectivity index (χ2n) is 6.79. The summed E-state index contributed by atoms with van der Waals surface area (Å²) in [5.41, 5.74) is -0.419. The van der Waals surface area contributed by atoms with Crippen molar-refractivity contribution in [3.8, 4) is 5.88 Å². The fourth-order valence-electron chi connectivity index (χ4n) is 3.04. The predicted octanol–water partition coefficient (Wildman–Crippen LogP) is 3.93. The molecule has 4 rings (SSSR count). The molecular weight excluding hydrogens is 469 g/mol. The summed E-state index contributed by atoms with van der Waals surface area (Å²) in [5.74, 6) is -0.458. The average Bonchev–Trinajstić information content (AvgIpc) is 3.52. The molecule has 1 aliphatic carbocycles. The van der Waals surface area contributed by atoms with Crippen LogP contribution in [0.2, 0.25) is 0 Å². The molecular formula is C21H23BrFN5O3. The molecule has 1 N–H and O–H groups in total. The van der Waals surface area contributed by atoms with Crippen molar-refractivity contribution < 1.29 is 13.9 Å². The average molecular weight is 492 g/mol. The Bertz CT molecular complexity index is 1140.